The summed E-state index contributed by atoms with van der Waals surface area (Å²) in [4.78, 5) is 39.8. The first-order valence-electron chi connectivity index (χ1n) is 12.8. The highest BCUT2D eigenvalue weighted by atomic mass is 19.4. The molecule has 2 aromatic rings. The van der Waals surface area contributed by atoms with E-state index in [1.54, 1.807) is 25.1 Å². The van der Waals surface area contributed by atoms with Crippen molar-refractivity contribution in [1.82, 2.24) is 0 Å². The molecule has 0 aromatic heterocycles. The lowest BCUT2D eigenvalue weighted by molar-refractivity contribution is -0.147. The summed E-state index contributed by atoms with van der Waals surface area (Å²) in [6.45, 7) is 0. The van der Waals surface area contributed by atoms with E-state index in [1.807, 2.05) is 0 Å². The van der Waals surface area contributed by atoms with Gasteiger partial charge in [0.2, 0.25) is 5.78 Å². The number of fused-ring (bicyclic) bond motifs is 3. The SMILES string of the molecule is CN(C)c1cc(-c2ccc(CC(F)(F)F)cc2)c(O)c2c1CC1CC3CC(=O)C(C(N)=O)=C(O)C3(O)C(=O)C1=C2O. The van der Waals surface area contributed by atoms with Crippen molar-refractivity contribution in [3.8, 4) is 16.9 Å². The van der Waals surface area contributed by atoms with Crippen molar-refractivity contribution in [3.63, 3.8) is 0 Å². The van der Waals surface area contributed by atoms with Gasteiger partial charge >= 0.3 is 6.18 Å². The highest BCUT2D eigenvalue weighted by Crippen LogP contribution is 2.54. The van der Waals surface area contributed by atoms with Crippen LogP contribution in [0.3, 0.4) is 0 Å². The number of Topliss-reactive ketones (excluding diaryl/α,β-unsaturated/α-hetero) is 2. The Morgan fingerprint density at radius 1 is 1.10 bits per heavy atom. The first-order valence-corrected chi connectivity index (χ1v) is 12.8. The Morgan fingerprint density at radius 2 is 1.73 bits per heavy atom. The third-order valence-electron chi connectivity index (χ3n) is 8.19. The lowest BCUT2D eigenvalue weighted by Crippen LogP contribution is -2.58. The Labute approximate surface area is 232 Å². The van der Waals surface area contributed by atoms with E-state index in [-0.39, 0.29) is 35.1 Å². The number of hydrogen-bond donors (Lipinski definition) is 5. The van der Waals surface area contributed by atoms with Crippen molar-refractivity contribution in [1.29, 1.82) is 0 Å². The number of carbonyl (C=O) groups excluding carboxylic acids is 3. The number of amides is 1. The molecule has 3 aliphatic carbocycles. The van der Waals surface area contributed by atoms with Crippen molar-refractivity contribution in [2.75, 3.05) is 19.0 Å². The fraction of sp³-hybridized carbons (Fsp3) is 0.345. The number of alkyl halides is 3. The Kier molecular flexibility index (Phi) is 6.45. The third kappa shape index (κ3) is 4.33. The van der Waals surface area contributed by atoms with E-state index in [0.717, 1.165) is 0 Å². The number of phenolic OH excluding ortho intramolecular Hbond substituents is 1. The number of phenols is 1. The minimum absolute atomic E-state index is 0.00103. The molecular formula is C29H27F3N2O7. The van der Waals surface area contributed by atoms with E-state index in [2.05, 4.69) is 0 Å². The first kappa shape index (κ1) is 28.2. The number of benzene rings is 2. The van der Waals surface area contributed by atoms with Gasteiger partial charge in [0.15, 0.2) is 11.4 Å². The molecule has 0 bridgehead atoms. The molecule has 0 aliphatic heterocycles. The van der Waals surface area contributed by atoms with Crippen molar-refractivity contribution in [2.24, 2.45) is 17.6 Å². The lowest BCUT2D eigenvalue weighted by Gasteiger charge is -2.46. The van der Waals surface area contributed by atoms with Crippen LogP contribution in [0.25, 0.3) is 16.9 Å². The molecule has 0 radical (unpaired) electrons. The van der Waals surface area contributed by atoms with Gasteiger partial charge in [-0.05, 0) is 41.5 Å². The predicted octanol–water partition coefficient (Wildman–Crippen LogP) is 3.26. The molecule has 216 valence electrons. The number of hydrogen-bond acceptors (Lipinski definition) is 8. The summed E-state index contributed by atoms with van der Waals surface area (Å²) in [5.41, 5.74) is 2.88. The fourth-order valence-electron chi connectivity index (χ4n) is 6.32. The van der Waals surface area contributed by atoms with Gasteiger partial charge in [0.1, 0.15) is 22.8 Å². The van der Waals surface area contributed by atoms with Crippen LogP contribution < -0.4 is 10.6 Å². The monoisotopic (exact) mass is 572 g/mol. The van der Waals surface area contributed by atoms with E-state index < -0.39 is 76.8 Å². The lowest BCUT2D eigenvalue weighted by atomic mass is 9.59. The summed E-state index contributed by atoms with van der Waals surface area (Å²) < 4.78 is 38.5. The van der Waals surface area contributed by atoms with E-state index in [9.17, 15) is 48.0 Å². The Hall–Kier alpha value is -4.32. The summed E-state index contributed by atoms with van der Waals surface area (Å²) in [5, 5.41) is 45.0. The van der Waals surface area contributed by atoms with Gasteiger partial charge in [-0.25, -0.2) is 0 Å². The topological polar surface area (TPSA) is 161 Å². The molecule has 2 aromatic carbocycles. The fourth-order valence-corrected chi connectivity index (χ4v) is 6.32. The molecule has 5 rings (SSSR count). The van der Waals surface area contributed by atoms with Crippen LogP contribution in [0.4, 0.5) is 18.9 Å². The number of primary amides is 1. The molecule has 12 heteroatoms. The van der Waals surface area contributed by atoms with Crippen LogP contribution in [-0.4, -0.2) is 63.8 Å². The summed E-state index contributed by atoms with van der Waals surface area (Å²) in [7, 11) is 3.44. The molecule has 6 N–H and O–H groups in total. The van der Waals surface area contributed by atoms with Crippen LogP contribution in [0.15, 0.2) is 47.2 Å². The van der Waals surface area contributed by atoms with E-state index in [4.69, 9.17) is 5.73 Å². The molecule has 1 amide bonds. The van der Waals surface area contributed by atoms with E-state index in [0.29, 0.717) is 16.8 Å². The van der Waals surface area contributed by atoms with Crippen LogP contribution in [-0.2, 0) is 27.2 Å². The molecule has 3 atom stereocenters. The minimum atomic E-state index is -4.40. The normalized spacial score (nSPS) is 24.1. The average Bonchev–Trinajstić information content (AvgIpc) is 2.85. The zero-order valence-electron chi connectivity index (χ0n) is 22.0. The number of aliphatic hydroxyl groups is 3. The first-order chi connectivity index (χ1) is 19.1. The van der Waals surface area contributed by atoms with Crippen LogP contribution in [0, 0.1) is 11.8 Å². The van der Waals surface area contributed by atoms with Crippen molar-refractivity contribution in [2.45, 2.75) is 37.5 Å². The second-order valence-electron chi connectivity index (χ2n) is 10.9. The summed E-state index contributed by atoms with van der Waals surface area (Å²) in [6, 6.07) is 7.00. The van der Waals surface area contributed by atoms with E-state index >= 15 is 0 Å². The number of carbonyl (C=O) groups is 3. The van der Waals surface area contributed by atoms with Crippen molar-refractivity contribution >= 4 is 28.9 Å². The number of aliphatic hydroxyl groups excluding tert-OH is 2. The van der Waals surface area contributed by atoms with Gasteiger partial charge in [-0.1, -0.05) is 24.3 Å². The molecule has 0 heterocycles. The highest BCUT2D eigenvalue weighted by Gasteiger charge is 2.60. The Balaban J connectivity index is 1.68. The summed E-state index contributed by atoms with van der Waals surface area (Å²) >= 11 is 0. The molecule has 1 saturated carbocycles. The number of halogens is 3. The van der Waals surface area contributed by atoms with Crippen LogP contribution in [0.2, 0.25) is 0 Å². The van der Waals surface area contributed by atoms with Crippen LogP contribution >= 0.6 is 0 Å². The Bertz CT molecular complexity index is 1570. The second kappa shape index (κ2) is 9.37. The molecular weight excluding hydrogens is 545 g/mol. The smallest absolute Gasteiger partial charge is 0.393 e. The molecule has 1 fully saturated rings. The molecule has 3 unspecified atom stereocenters. The summed E-state index contributed by atoms with van der Waals surface area (Å²) in [5.74, 6) is -7.24. The molecule has 3 aliphatic rings. The number of anilines is 1. The average molecular weight is 573 g/mol. The quantitative estimate of drug-likeness (QED) is 0.349. The standard InChI is InChI=1S/C29H27F3N2O7/c1-34(2)18-10-16(13-5-3-12(4-6-13)11-28(30,31)32)23(36)21-17(18)8-14-7-15-9-19(35)22(27(33)40)26(39)29(15,41)25(38)20(14)24(21)37/h3-6,10,14-15,36-37,39,41H,7-9,11H2,1-2H3,(H2,33,40). The number of nitrogens with two attached hydrogens (primary N) is 1. The largest absolute Gasteiger partial charge is 0.508 e. The predicted molar refractivity (Wildman–Crippen MR) is 141 cm³/mol. The van der Waals surface area contributed by atoms with Gasteiger partial charge in [0, 0.05) is 43.3 Å². The van der Waals surface area contributed by atoms with Crippen molar-refractivity contribution < 1.29 is 48.0 Å². The van der Waals surface area contributed by atoms with Gasteiger partial charge in [0.05, 0.1) is 12.0 Å². The molecule has 9 nitrogen and oxygen atoms in total. The van der Waals surface area contributed by atoms with Gasteiger partial charge < -0.3 is 31.1 Å². The molecule has 0 saturated heterocycles. The van der Waals surface area contributed by atoms with E-state index in [1.165, 1.54) is 24.3 Å². The maximum atomic E-state index is 13.7. The molecule has 0 spiro atoms. The second-order valence-corrected chi connectivity index (χ2v) is 10.9. The zero-order chi connectivity index (χ0) is 30.2. The van der Waals surface area contributed by atoms with Gasteiger partial charge in [0.25, 0.3) is 5.91 Å². The van der Waals surface area contributed by atoms with Crippen molar-refractivity contribution in [3.05, 3.63) is 63.9 Å². The highest BCUT2D eigenvalue weighted by molar-refractivity contribution is 6.22. The minimum Gasteiger partial charge on any atom is -0.508 e. The number of ketones is 2. The number of aromatic hydroxyl groups is 1. The number of nitrogens with zero attached hydrogens (tertiary/aromatic N) is 1. The zero-order valence-corrected chi connectivity index (χ0v) is 22.0. The van der Waals surface area contributed by atoms with Gasteiger partial charge in [-0.3, -0.25) is 14.4 Å². The summed E-state index contributed by atoms with van der Waals surface area (Å²) in [6.07, 6.45) is -5.82. The maximum absolute atomic E-state index is 13.7. The van der Waals surface area contributed by atoms with Gasteiger partial charge in [-0.2, -0.15) is 13.2 Å². The maximum Gasteiger partial charge on any atom is 0.393 e. The van der Waals surface area contributed by atoms with Crippen LogP contribution in [0.1, 0.15) is 29.5 Å². The Morgan fingerprint density at radius 3 is 2.29 bits per heavy atom. The molecule has 41 heavy (non-hydrogen) atoms. The van der Waals surface area contributed by atoms with Gasteiger partial charge in [-0.15, -0.1) is 0 Å². The number of rotatable bonds is 4. The third-order valence-corrected chi connectivity index (χ3v) is 8.19. The van der Waals surface area contributed by atoms with Crippen LogP contribution in [0.5, 0.6) is 5.75 Å².